The molecule has 5 heteroatoms. The number of nitrogens with two attached hydrogens (primary N) is 1. The van der Waals surface area contributed by atoms with Gasteiger partial charge in [-0.3, -0.25) is 4.79 Å². The van der Waals surface area contributed by atoms with Crippen molar-refractivity contribution in [3.8, 4) is 0 Å². The molecule has 0 aromatic carbocycles. The van der Waals surface area contributed by atoms with Gasteiger partial charge in [0.05, 0.1) is 5.56 Å². The average molecular weight is 160 g/mol. The molecule has 1 heterocycles. The number of aromatic nitrogens is 1. The molecule has 0 fully saturated rings. The summed E-state index contributed by atoms with van der Waals surface area (Å²) < 4.78 is 23.8. The van der Waals surface area contributed by atoms with Crippen LogP contribution in [0.2, 0.25) is 0 Å². The first-order valence-corrected chi connectivity index (χ1v) is 2.87. The van der Waals surface area contributed by atoms with E-state index in [2.05, 4.69) is 4.98 Å². The summed E-state index contributed by atoms with van der Waals surface area (Å²) in [7, 11) is 0. The fourth-order valence-corrected chi connectivity index (χ4v) is 0.669. The van der Waals surface area contributed by atoms with Gasteiger partial charge in [0, 0.05) is 12.3 Å². The second kappa shape index (κ2) is 2.69. The molecule has 0 saturated carbocycles. The molecule has 11 heavy (non-hydrogen) atoms. The molecule has 0 spiro atoms. The third kappa shape index (κ3) is 1.54. The Morgan fingerprint density at radius 2 is 2.18 bits per heavy atom. The zero-order chi connectivity index (χ0) is 8.43. The molecular weight excluding hydrogens is 154 g/mol. The maximum absolute atomic E-state index is 11.9. The number of halogens is 2. The molecule has 1 aromatic rings. The lowest BCUT2D eigenvalue weighted by molar-refractivity contribution is 0.150. The number of rotatable bonds is 1. The van der Waals surface area contributed by atoms with Gasteiger partial charge in [-0.15, -0.1) is 0 Å². The van der Waals surface area contributed by atoms with E-state index in [1.807, 2.05) is 0 Å². The largest absolute Gasteiger partial charge is 0.385 e. The summed E-state index contributed by atoms with van der Waals surface area (Å²) in [5, 5.41) is 0. The summed E-state index contributed by atoms with van der Waals surface area (Å²) in [6, 6.07) is 0.932. The number of nitrogen functional groups attached to an aromatic ring is 1. The van der Waals surface area contributed by atoms with Crippen molar-refractivity contribution < 1.29 is 8.78 Å². The Kier molecular flexibility index (Phi) is 1.89. The maximum Gasteiger partial charge on any atom is 0.269 e. The first-order chi connectivity index (χ1) is 5.11. The Hall–Kier alpha value is -1.39. The molecule has 0 aliphatic carbocycles. The fourth-order valence-electron chi connectivity index (χ4n) is 0.669. The molecule has 3 N–H and O–H groups in total. The van der Waals surface area contributed by atoms with Crippen LogP contribution >= 0.6 is 0 Å². The summed E-state index contributed by atoms with van der Waals surface area (Å²) in [6.45, 7) is 0. The second-order valence-electron chi connectivity index (χ2n) is 2.01. The Bertz CT molecular complexity index is 308. The predicted octanol–water partition coefficient (Wildman–Crippen LogP) is 0.895. The minimum atomic E-state index is -2.75. The number of hydrogen-bond acceptors (Lipinski definition) is 2. The number of hydrogen-bond donors (Lipinski definition) is 2. The molecule has 0 amide bonds. The highest BCUT2D eigenvalue weighted by Crippen LogP contribution is 2.13. The van der Waals surface area contributed by atoms with Gasteiger partial charge in [-0.05, 0) is 0 Å². The topological polar surface area (TPSA) is 58.9 Å². The van der Waals surface area contributed by atoms with Crippen molar-refractivity contribution in [1.82, 2.24) is 4.98 Å². The minimum absolute atomic E-state index is 0.0828. The Balaban J connectivity index is 3.21. The molecule has 3 nitrogen and oxygen atoms in total. The lowest BCUT2D eigenvalue weighted by Crippen LogP contribution is -2.10. The molecule has 0 aliphatic heterocycles. The van der Waals surface area contributed by atoms with Crippen LogP contribution in [-0.4, -0.2) is 4.98 Å². The van der Waals surface area contributed by atoms with Crippen molar-refractivity contribution in [1.29, 1.82) is 0 Å². The van der Waals surface area contributed by atoms with Gasteiger partial charge in [0.2, 0.25) is 0 Å². The smallest absolute Gasteiger partial charge is 0.269 e. The summed E-state index contributed by atoms with van der Waals surface area (Å²) in [5.41, 5.74) is 3.83. The Morgan fingerprint density at radius 1 is 1.55 bits per heavy atom. The molecule has 0 saturated heterocycles. The van der Waals surface area contributed by atoms with Gasteiger partial charge >= 0.3 is 0 Å². The van der Waals surface area contributed by atoms with Crippen LogP contribution in [0, 0.1) is 0 Å². The van der Waals surface area contributed by atoms with Gasteiger partial charge in [-0.1, -0.05) is 0 Å². The van der Waals surface area contributed by atoms with Crippen molar-refractivity contribution in [2.45, 2.75) is 6.43 Å². The monoisotopic (exact) mass is 160 g/mol. The fraction of sp³-hybridized carbons (Fsp3) is 0.167. The molecule has 1 rings (SSSR count). The standard InChI is InChI=1S/C6H6F2N2O/c7-6(8)3-2-10-5(9)1-4(3)11/h1-2,6H,(H3,9,10,11). The minimum Gasteiger partial charge on any atom is -0.385 e. The van der Waals surface area contributed by atoms with Crippen molar-refractivity contribution in [2.75, 3.05) is 5.73 Å². The van der Waals surface area contributed by atoms with E-state index in [0.717, 1.165) is 12.3 Å². The summed E-state index contributed by atoms with van der Waals surface area (Å²) in [4.78, 5) is 13.0. The summed E-state index contributed by atoms with van der Waals surface area (Å²) in [5.74, 6) is 0.0828. The third-order valence-electron chi connectivity index (χ3n) is 1.20. The van der Waals surface area contributed by atoms with Gasteiger partial charge in [-0.2, -0.15) is 0 Å². The second-order valence-corrected chi connectivity index (χ2v) is 2.01. The maximum atomic E-state index is 11.9. The summed E-state index contributed by atoms with van der Waals surface area (Å²) >= 11 is 0. The van der Waals surface area contributed by atoms with Crippen LogP contribution in [0.4, 0.5) is 14.6 Å². The molecular formula is C6H6F2N2O. The highest BCUT2D eigenvalue weighted by molar-refractivity contribution is 5.29. The van der Waals surface area contributed by atoms with Crippen molar-refractivity contribution in [3.05, 3.63) is 28.0 Å². The molecule has 0 aliphatic rings. The van der Waals surface area contributed by atoms with Crippen LogP contribution in [0.5, 0.6) is 0 Å². The highest BCUT2D eigenvalue weighted by Gasteiger charge is 2.10. The quantitative estimate of drug-likeness (QED) is 0.641. The van der Waals surface area contributed by atoms with Crippen molar-refractivity contribution >= 4 is 5.82 Å². The molecule has 0 radical (unpaired) electrons. The average Bonchev–Trinajstić information content (AvgIpc) is 1.85. The van der Waals surface area contributed by atoms with E-state index in [1.54, 1.807) is 0 Å². The van der Waals surface area contributed by atoms with Crippen molar-refractivity contribution in [2.24, 2.45) is 0 Å². The first-order valence-electron chi connectivity index (χ1n) is 2.87. The van der Waals surface area contributed by atoms with Crippen LogP contribution in [-0.2, 0) is 0 Å². The molecule has 1 aromatic heterocycles. The van der Waals surface area contributed by atoms with Gasteiger partial charge in [0.15, 0.2) is 5.43 Å². The zero-order valence-electron chi connectivity index (χ0n) is 5.47. The van der Waals surface area contributed by atoms with Gasteiger partial charge in [0.25, 0.3) is 6.43 Å². The first kappa shape index (κ1) is 7.71. The number of nitrogens with one attached hydrogen (secondary N) is 1. The van der Waals surface area contributed by atoms with E-state index in [9.17, 15) is 13.6 Å². The lowest BCUT2D eigenvalue weighted by Gasteiger charge is -1.97. The highest BCUT2D eigenvalue weighted by atomic mass is 19.3. The number of anilines is 1. The van der Waals surface area contributed by atoms with E-state index < -0.39 is 17.4 Å². The molecule has 0 unspecified atom stereocenters. The van der Waals surface area contributed by atoms with E-state index in [0.29, 0.717) is 0 Å². The summed E-state index contributed by atoms with van der Waals surface area (Å²) in [6.07, 6.45) is -1.83. The Labute approximate surface area is 60.8 Å². The van der Waals surface area contributed by atoms with Gasteiger partial charge in [-0.25, -0.2) is 8.78 Å². The van der Waals surface area contributed by atoms with E-state index in [1.165, 1.54) is 0 Å². The van der Waals surface area contributed by atoms with Crippen LogP contribution < -0.4 is 11.2 Å². The molecule has 0 atom stereocenters. The van der Waals surface area contributed by atoms with E-state index in [-0.39, 0.29) is 5.82 Å². The van der Waals surface area contributed by atoms with Crippen LogP contribution in [0.3, 0.4) is 0 Å². The van der Waals surface area contributed by atoms with Gasteiger partial charge < -0.3 is 10.7 Å². The number of H-pyrrole nitrogens is 1. The van der Waals surface area contributed by atoms with Crippen molar-refractivity contribution in [3.63, 3.8) is 0 Å². The number of alkyl halides is 2. The number of pyridine rings is 1. The Morgan fingerprint density at radius 3 is 2.64 bits per heavy atom. The number of aromatic amines is 1. The van der Waals surface area contributed by atoms with Gasteiger partial charge in [0.1, 0.15) is 5.82 Å². The molecule has 60 valence electrons. The normalized spacial score (nSPS) is 10.5. The SMILES string of the molecule is Nc1cc(=O)c(C(F)F)c[nH]1. The molecule has 0 bridgehead atoms. The van der Waals surface area contributed by atoms with Crippen LogP contribution in [0.1, 0.15) is 12.0 Å². The predicted molar refractivity (Wildman–Crippen MR) is 36.4 cm³/mol. The van der Waals surface area contributed by atoms with E-state index in [4.69, 9.17) is 5.73 Å². The van der Waals surface area contributed by atoms with Crippen LogP contribution in [0.15, 0.2) is 17.1 Å². The lowest BCUT2D eigenvalue weighted by atomic mass is 10.3. The van der Waals surface area contributed by atoms with E-state index >= 15 is 0 Å². The third-order valence-corrected chi connectivity index (χ3v) is 1.20. The van der Waals surface area contributed by atoms with Crippen LogP contribution in [0.25, 0.3) is 0 Å². The zero-order valence-corrected chi connectivity index (χ0v) is 5.47.